The van der Waals surface area contributed by atoms with E-state index in [9.17, 15) is 9.59 Å². The number of aromatic nitrogens is 6. The van der Waals surface area contributed by atoms with E-state index >= 15 is 0 Å². The lowest BCUT2D eigenvalue weighted by molar-refractivity contribution is 0.685. The highest BCUT2D eigenvalue weighted by Crippen LogP contribution is 2.20. The second kappa shape index (κ2) is 6.59. The number of benzene rings is 1. The normalized spacial score (nSPS) is 11.5. The molecule has 0 bridgehead atoms. The van der Waals surface area contributed by atoms with Gasteiger partial charge in [-0.1, -0.05) is 12.1 Å². The van der Waals surface area contributed by atoms with Crippen molar-refractivity contribution in [3.63, 3.8) is 0 Å². The van der Waals surface area contributed by atoms with E-state index in [1.807, 2.05) is 53.4 Å². The van der Waals surface area contributed by atoms with Gasteiger partial charge in [0, 0.05) is 19.8 Å². The summed E-state index contributed by atoms with van der Waals surface area (Å²) in [6, 6.07) is 10.0. The zero-order chi connectivity index (χ0) is 20.2. The quantitative estimate of drug-likeness (QED) is 0.454. The molecule has 0 N–H and O–H groups in total. The van der Waals surface area contributed by atoms with Gasteiger partial charge >= 0.3 is 5.69 Å². The molecule has 0 spiro atoms. The Hall–Kier alpha value is -2.94. The summed E-state index contributed by atoms with van der Waals surface area (Å²) in [6.07, 6.45) is 0. The van der Waals surface area contributed by atoms with E-state index in [-0.39, 0.29) is 11.2 Å². The summed E-state index contributed by atoms with van der Waals surface area (Å²) >= 11 is 3.42. The van der Waals surface area contributed by atoms with Crippen molar-refractivity contribution in [2.75, 3.05) is 0 Å². The van der Waals surface area contributed by atoms with Gasteiger partial charge in [0.1, 0.15) is 0 Å². The van der Waals surface area contributed by atoms with Crippen LogP contribution in [0.25, 0.3) is 16.9 Å². The average Bonchev–Trinajstić information content (AvgIpc) is 3.18. The van der Waals surface area contributed by atoms with Crippen LogP contribution in [-0.2, 0) is 20.6 Å². The van der Waals surface area contributed by atoms with Crippen molar-refractivity contribution in [2.45, 2.75) is 20.4 Å². The molecule has 3 aromatic heterocycles. The first kappa shape index (κ1) is 18.4. The maximum atomic E-state index is 12.4. The topological polar surface area (TPSA) is 79.6 Å². The van der Waals surface area contributed by atoms with Crippen LogP contribution in [0.4, 0.5) is 0 Å². The lowest BCUT2D eigenvalue weighted by Crippen LogP contribution is -2.37. The molecule has 0 unspecified atom stereocenters. The molecule has 0 fully saturated rings. The van der Waals surface area contributed by atoms with Crippen LogP contribution in [0.2, 0.25) is 0 Å². The molecule has 0 atom stereocenters. The summed E-state index contributed by atoms with van der Waals surface area (Å²) in [7, 11) is 3.09. The molecule has 0 saturated carbocycles. The Kier molecular flexibility index (Phi) is 4.34. The van der Waals surface area contributed by atoms with Crippen LogP contribution >= 0.6 is 15.9 Å². The number of nitrogens with zero attached hydrogens (tertiary/aromatic N) is 6. The van der Waals surface area contributed by atoms with Gasteiger partial charge in [-0.25, -0.2) is 14.5 Å². The molecule has 4 aromatic rings. The van der Waals surface area contributed by atoms with Gasteiger partial charge in [-0.05, 0) is 53.5 Å². The SMILES string of the molecule is Cc1cc(C)n(-c2ccc(Cn3c(Br)nc4c(=O)n(C)c(=O)n(C)c43)cc2)n1. The molecule has 0 aliphatic heterocycles. The van der Waals surface area contributed by atoms with Crippen LogP contribution in [0.1, 0.15) is 17.0 Å². The fourth-order valence-electron chi connectivity index (χ4n) is 3.42. The van der Waals surface area contributed by atoms with Gasteiger partial charge < -0.3 is 0 Å². The highest BCUT2D eigenvalue weighted by molar-refractivity contribution is 9.10. The van der Waals surface area contributed by atoms with Crippen molar-refractivity contribution in [3.8, 4) is 5.69 Å². The van der Waals surface area contributed by atoms with E-state index in [4.69, 9.17) is 0 Å². The minimum atomic E-state index is -0.405. The Morgan fingerprint density at radius 1 is 1.04 bits per heavy atom. The summed E-state index contributed by atoms with van der Waals surface area (Å²) in [6.45, 7) is 4.45. The van der Waals surface area contributed by atoms with Crippen LogP contribution in [0.5, 0.6) is 0 Å². The number of imidazole rings is 1. The second-order valence-electron chi connectivity index (χ2n) is 6.85. The number of fused-ring (bicyclic) bond motifs is 1. The standard InChI is InChI=1S/C19H19BrN6O2/c1-11-9-12(2)26(22-11)14-7-5-13(6-8-14)10-25-16-15(21-18(25)20)17(27)24(4)19(28)23(16)3/h5-9H,10H2,1-4H3. The van der Waals surface area contributed by atoms with Gasteiger partial charge in [0.15, 0.2) is 15.9 Å². The summed E-state index contributed by atoms with van der Waals surface area (Å²) in [5.74, 6) is 0. The lowest BCUT2D eigenvalue weighted by atomic mass is 10.2. The Morgan fingerprint density at radius 2 is 1.71 bits per heavy atom. The number of hydrogen-bond donors (Lipinski definition) is 0. The van der Waals surface area contributed by atoms with Crippen molar-refractivity contribution in [2.24, 2.45) is 14.1 Å². The first-order valence-corrected chi connectivity index (χ1v) is 9.51. The van der Waals surface area contributed by atoms with Gasteiger partial charge in [-0.15, -0.1) is 0 Å². The van der Waals surface area contributed by atoms with E-state index in [1.54, 1.807) is 7.05 Å². The van der Waals surface area contributed by atoms with Gasteiger partial charge in [-0.2, -0.15) is 5.10 Å². The monoisotopic (exact) mass is 442 g/mol. The first-order chi connectivity index (χ1) is 13.3. The molecule has 28 heavy (non-hydrogen) atoms. The second-order valence-corrected chi connectivity index (χ2v) is 7.56. The van der Waals surface area contributed by atoms with E-state index in [0.29, 0.717) is 16.9 Å². The minimum Gasteiger partial charge on any atom is -0.300 e. The Balaban J connectivity index is 1.77. The smallest absolute Gasteiger partial charge is 0.300 e. The fourth-order valence-corrected chi connectivity index (χ4v) is 3.89. The summed E-state index contributed by atoms with van der Waals surface area (Å²) in [4.78, 5) is 29.0. The van der Waals surface area contributed by atoms with Crippen molar-refractivity contribution in [1.82, 2.24) is 28.5 Å². The molecule has 0 saturated heterocycles. The van der Waals surface area contributed by atoms with Crippen molar-refractivity contribution < 1.29 is 0 Å². The largest absolute Gasteiger partial charge is 0.332 e. The number of rotatable bonds is 3. The highest BCUT2D eigenvalue weighted by Gasteiger charge is 2.18. The fraction of sp³-hybridized carbons (Fsp3) is 0.263. The molecule has 0 aliphatic rings. The average molecular weight is 443 g/mol. The van der Waals surface area contributed by atoms with Crippen molar-refractivity contribution in [3.05, 3.63) is 72.9 Å². The van der Waals surface area contributed by atoms with Gasteiger partial charge in [0.2, 0.25) is 0 Å². The Labute approximate surface area is 168 Å². The predicted molar refractivity (Wildman–Crippen MR) is 110 cm³/mol. The first-order valence-electron chi connectivity index (χ1n) is 8.72. The van der Waals surface area contributed by atoms with Crippen molar-refractivity contribution in [1.29, 1.82) is 0 Å². The summed E-state index contributed by atoms with van der Waals surface area (Å²) in [5.41, 5.74) is 3.99. The molecule has 8 nitrogen and oxygen atoms in total. The Bertz CT molecular complexity index is 1320. The molecular weight excluding hydrogens is 424 g/mol. The van der Waals surface area contributed by atoms with Gasteiger partial charge in [0.25, 0.3) is 5.56 Å². The van der Waals surface area contributed by atoms with E-state index in [0.717, 1.165) is 27.2 Å². The van der Waals surface area contributed by atoms with Crippen LogP contribution in [0, 0.1) is 13.8 Å². The third kappa shape index (κ3) is 2.82. The maximum absolute atomic E-state index is 12.4. The molecule has 0 radical (unpaired) electrons. The predicted octanol–water partition coefficient (Wildman–Crippen LogP) is 2.05. The third-order valence-corrected chi connectivity index (χ3v) is 5.43. The third-order valence-electron chi connectivity index (χ3n) is 4.82. The number of halogens is 1. The lowest BCUT2D eigenvalue weighted by Gasteiger charge is -2.11. The van der Waals surface area contributed by atoms with Crippen LogP contribution < -0.4 is 11.2 Å². The molecule has 1 aromatic carbocycles. The van der Waals surface area contributed by atoms with Gasteiger partial charge in [0.05, 0.1) is 17.9 Å². The Morgan fingerprint density at radius 3 is 2.32 bits per heavy atom. The van der Waals surface area contributed by atoms with Crippen LogP contribution in [0.15, 0.2) is 44.7 Å². The molecule has 0 aliphatic carbocycles. The van der Waals surface area contributed by atoms with E-state index < -0.39 is 5.56 Å². The van der Waals surface area contributed by atoms with Crippen LogP contribution in [-0.4, -0.2) is 28.5 Å². The molecule has 4 rings (SSSR count). The van der Waals surface area contributed by atoms with E-state index in [1.165, 1.54) is 11.6 Å². The zero-order valence-electron chi connectivity index (χ0n) is 16.0. The molecule has 3 heterocycles. The maximum Gasteiger partial charge on any atom is 0.332 e. The van der Waals surface area contributed by atoms with Crippen LogP contribution in [0.3, 0.4) is 0 Å². The molecule has 0 amide bonds. The molecular formula is C19H19BrN6O2. The summed E-state index contributed by atoms with van der Waals surface area (Å²) in [5, 5.41) is 4.50. The molecule has 144 valence electrons. The van der Waals surface area contributed by atoms with Gasteiger partial charge in [-0.3, -0.25) is 18.5 Å². The van der Waals surface area contributed by atoms with Crippen molar-refractivity contribution >= 4 is 27.1 Å². The zero-order valence-corrected chi connectivity index (χ0v) is 17.6. The number of hydrogen-bond acceptors (Lipinski definition) is 4. The molecule has 9 heteroatoms. The van der Waals surface area contributed by atoms with E-state index in [2.05, 4.69) is 26.0 Å². The number of aryl methyl sites for hydroxylation is 3. The highest BCUT2D eigenvalue weighted by atomic mass is 79.9. The summed E-state index contributed by atoms with van der Waals surface area (Å²) < 4.78 is 6.72. The minimum absolute atomic E-state index is 0.260.